The van der Waals surface area contributed by atoms with Gasteiger partial charge < -0.3 is 15.0 Å². The first kappa shape index (κ1) is 19.1. The van der Waals surface area contributed by atoms with Gasteiger partial charge in [0, 0.05) is 13.1 Å². The van der Waals surface area contributed by atoms with Gasteiger partial charge in [0.15, 0.2) is 11.2 Å². The summed E-state index contributed by atoms with van der Waals surface area (Å²) in [6.07, 6.45) is -0.713. The minimum Gasteiger partial charge on any atom is -0.359 e. The highest BCUT2D eigenvalue weighted by molar-refractivity contribution is 7.80. The fourth-order valence-corrected chi connectivity index (χ4v) is 2.82. The smallest absolute Gasteiger partial charge is 0.259 e. The average Bonchev–Trinajstić information content (AvgIpc) is 2.64. The molecule has 0 aliphatic carbocycles. The predicted octanol–water partition coefficient (Wildman–Crippen LogP) is 3.69. The summed E-state index contributed by atoms with van der Waals surface area (Å²) >= 11 is 5.34. The van der Waals surface area contributed by atoms with E-state index in [1.165, 1.54) is 0 Å². The molecule has 0 unspecified atom stereocenters. The van der Waals surface area contributed by atoms with E-state index in [1.54, 1.807) is 0 Å². The lowest BCUT2D eigenvalue weighted by molar-refractivity contribution is -0.132. The van der Waals surface area contributed by atoms with Crippen LogP contribution in [0, 0.1) is 0 Å². The zero-order valence-electron chi connectivity index (χ0n) is 14.6. The SMILES string of the molecule is CCN(CC)C(=S)NC(=O)[C@@H](OCc1ccccc1)c1ccccc1. The molecule has 0 spiro atoms. The van der Waals surface area contributed by atoms with E-state index >= 15 is 0 Å². The molecule has 0 bridgehead atoms. The fourth-order valence-electron chi connectivity index (χ4n) is 2.47. The maximum Gasteiger partial charge on any atom is 0.259 e. The third-order valence-corrected chi connectivity index (χ3v) is 4.24. The molecule has 0 saturated carbocycles. The normalized spacial score (nSPS) is 11.6. The van der Waals surface area contributed by atoms with Gasteiger partial charge in [-0.15, -0.1) is 0 Å². The Labute approximate surface area is 154 Å². The number of carbonyl (C=O) groups excluding carboxylic acids is 1. The van der Waals surface area contributed by atoms with E-state index in [-0.39, 0.29) is 5.91 Å². The quantitative estimate of drug-likeness (QED) is 0.768. The molecule has 0 fully saturated rings. The summed E-state index contributed by atoms with van der Waals surface area (Å²) in [5, 5.41) is 3.24. The standard InChI is InChI=1S/C20H24N2O2S/c1-3-22(4-2)20(25)21-19(23)18(17-13-9-6-10-14-17)24-15-16-11-7-5-8-12-16/h5-14,18H,3-4,15H2,1-2H3,(H,21,23,25)/t18-/m0/s1. The first-order valence-electron chi connectivity index (χ1n) is 8.46. The van der Waals surface area contributed by atoms with Crippen molar-refractivity contribution in [1.29, 1.82) is 0 Å². The van der Waals surface area contributed by atoms with E-state index in [0.717, 1.165) is 24.2 Å². The van der Waals surface area contributed by atoms with Gasteiger partial charge in [-0.25, -0.2) is 0 Å². The van der Waals surface area contributed by atoms with Crippen molar-refractivity contribution >= 4 is 23.2 Å². The third kappa shape index (κ3) is 5.66. The Morgan fingerprint density at radius 3 is 2.16 bits per heavy atom. The second-order valence-electron chi connectivity index (χ2n) is 5.55. The molecule has 132 valence electrons. The van der Waals surface area contributed by atoms with Crippen LogP contribution in [0.3, 0.4) is 0 Å². The maximum atomic E-state index is 12.8. The number of benzene rings is 2. The summed E-state index contributed by atoms with van der Waals surface area (Å²) in [6.45, 7) is 5.85. The number of rotatable bonds is 7. The Balaban J connectivity index is 2.11. The van der Waals surface area contributed by atoms with Gasteiger partial charge in [0.1, 0.15) is 0 Å². The van der Waals surface area contributed by atoms with E-state index in [1.807, 2.05) is 79.4 Å². The van der Waals surface area contributed by atoms with Crippen molar-refractivity contribution in [3.63, 3.8) is 0 Å². The summed E-state index contributed by atoms with van der Waals surface area (Å²) in [4.78, 5) is 14.7. The average molecular weight is 356 g/mol. The van der Waals surface area contributed by atoms with Crippen molar-refractivity contribution in [2.45, 2.75) is 26.6 Å². The van der Waals surface area contributed by atoms with Crippen LogP contribution >= 0.6 is 12.2 Å². The largest absolute Gasteiger partial charge is 0.359 e. The summed E-state index contributed by atoms with van der Waals surface area (Å²) in [5.74, 6) is -0.251. The second-order valence-corrected chi connectivity index (χ2v) is 5.94. The molecule has 0 heterocycles. The maximum absolute atomic E-state index is 12.8. The number of thiocarbonyl (C=S) groups is 1. The van der Waals surface area contributed by atoms with Gasteiger partial charge >= 0.3 is 0 Å². The Kier molecular flexibility index (Phi) is 7.57. The molecular formula is C20H24N2O2S. The van der Waals surface area contributed by atoms with E-state index in [4.69, 9.17) is 17.0 Å². The van der Waals surface area contributed by atoms with Crippen LogP contribution < -0.4 is 5.32 Å². The van der Waals surface area contributed by atoms with Crippen LogP contribution in [-0.4, -0.2) is 29.0 Å². The highest BCUT2D eigenvalue weighted by Crippen LogP contribution is 2.19. The summed E-state index contributed by atoms with van der Waals surface area (Å²) in [6, 6.07) is 19.3. The molecule has 0 aromatic heterocycles. The molecule has 0 saturated heterocycles. The van der Waals surface area contributed by atoms with Crippen LogP contribution in [-0.2, 0) is 16.1 Å². The molecular weight excluding hydrogens is 332 g/mol. The van der Waals surface area contributed by atoms with Crippen molar-refractivity contribution in [2.75, 3.05) is 13.1 Å². The molecule has 2 aromatic carbocycles. The third-order valence-electron chi connectivity index (χ3n) is 3.88. The van der Waals surface area contributed by atoms with Crippen molar-refractivity contribution in [3.8, 4) is 0 Å². The lowest BCUT2D eigenvalue weighted by atomic mass is 10.1. The lowest BCUT2D eigenvalue weighted by Gasteiger charge is -2.24. The summed E-state index contributed by atoms with van der Waals surface area (Å²) in [5.41, 5.74) is 1.82. The van der Waals surface area contributed by atoms with Crippen molar-refractivity contribution in [1.82, 2.24) is 10.2 Å². The van der Waals surface area contributed by atoms with E-state index in [2.05, 4.69) is 5.32 Å². The number of hydrogen-bond donors (Lipinski definition) is 1. The van der Waals surface area contributed by atoms with E-state index < -0.39 is 6.10 Å². The Morgan fingerprint density at radius 1 is 1.04 bits per heavy atom. The Bertz CT molecular complexity index is 673. The number of nitrogens with zero attached hydrogens (tertiary/aromatic N) is 1. The minimum absolute atomic E-state index is 0.251. The van der Waals surface area contributed by atoms with Gasteiger partial charge in [-0.2, -0.15) is 0 Å². The fraction of sp³-hybridized carbons (Fsp3) is 0.300. The molecule has 25 heavy (non-hydrogen) atoms. The first-order chi connectivity index (χ1) is 12.2. The summed E-state index contributed by atoms with van der Waals surface area (Å²) in [7, 11) is 0. The first-order valence-corrected chi connectivity index (χ1v) is 8.86. The topological polar surface area (TPSA) is 41.6 Å². The van der Waals surface area contributed by atoms with Crippen LogP contribution in [0.2, 0.25) is 0 Å². The number of ether oxygens (including phenoxy) is 1. The lowest BCUT2D eigenvalue weighted by Crippen LogP contribution is -2.44. The van der Waals surface area contributed by atoms with Crippen LogP contribution in [0.25, 0.3) is 0 Å². The minimum atomic E-state index is -0.713. The van der Waals surface area contributed by atoms with Gasteiger partial charge in [0.05, 0.1) is 6.61 Å². The van der Waals surface area contributed by atoms with Crippen LogP contribution in [0.5, 0.6) is 0 Å². The van der Waals surface area contributed by atoms with Crippen molar-refractivity contribution in [2.24, 2.45) is 0 Å². The molecule has 1 atom stereocenters. The van der Waals surface area contributed by atoms with Crippen LogP contribution in [0.4, 0.5) is 0 Å². The second kappa shape index (κ2) is 9.91. The predicted molar refractivity (Wildman–Crippen MR) is 104 cm³/mol. The van der Waals surface area contributed by atoms with E-state index in [0.29, 0.717) is 11.7 Å². The number of amides is 1. The Morgan fingerprint density at radius 2 is 1.60 bits per heavy atom. The van der Waals surface area contributed by atoms with Gasteiger partial charge in [-0.1, -0.05) is 60.7 Å². The molecule has 0 radical (unpaired) electrons. The molecule has 2 rings (SSSR count). The van der Waals surface area contributed by atoms with Gasteiger partial charge in [-0.05, 0) is 37.2 Å². The van der Waals surface area contributed by atoms with Gasteiger partial charge in [-0.3, -0.25) is 4.79 Å². The highest BCUT2D eigenvalue weighted by Gasteiger charge is 2.23. The van der Waals surface area contributed by atoms with Crippen molar-refractivity contribution < 1.29 is 9.53 Å². The summed E-state index contributed by atoms with van der Waals surface area (Å²) < 4.78 is 5.93. The Hall–Kier alpha value is -2.24. The van der Waals surface area contributed by atoms with Crippen LogP contribution in [0.15, 0.2) is 60.7 Å². The molecule has 1 amide bonds. The number of carbonyl (C=O) groups is 1. The van der Waals surface area contributed by atoms with Crippen molar-refractivity contribution in [3.05, 3.63) is 71.8 Å². The monoisotopic (exact) mass is 356 g/mol. The zero-order valence-corrected chi connectivity index (χ0v) is 15.5. The molecule has 1 N–H and O–H groups in total. The number of hydrogen-bond acceptors (Lipinski definition) is 3. The molecule has 4 nitrogen and oxygen atoms in total. The highest BCUT2D eigenvalue weighted by atomic mass is 32.1. The van der Waals surface area contributed by atoms with Crippen LogP contribution in [0.1, 0.15) is 31.1 Å². The van der Waals surface area contributed by atoms with Gasteiger partial charge in [0.25, 0.3) is 5.91 Å². The van der Waals surface area contributed by atoms with Gasteiger partial charge in [0.2, 0.25) is 0 Å². The van der Waals surface area contributed by atoms with E-state index in [9.17, 15) is 4.79 Å². The molecule has 2 aromatic rings. The molecule has 0 aliphatic rings. The molecule has 0 aliphatic heterocycles. The number of nitrogens with one attached hydrogen (secondary N) is 1. The molecule has 5 heteroatoms. The zero-order chi connectivity index (χ0) is 18.1.